The highest BCUT2D eigenvalue weighted by atomic mass is 16.1. The standard InChI is InChI=1S/C15H28O/c1-4-13-10-14(9-12(2)3)7-5-6-8-15(16)11-13/h12-14H,4-11H2,1-3H3. The van der Waals surface area contributed by atoms with Crippen molar-refractivity contribution in [1.29, 1.82) is 0 Å². The molecule has 2 atom stereocenters. The second-order valence-electron chi connectivity index (χ2n) is 5.99. The van der Waals surface area contributed by atoms with Crippen LogP contribution in [-0.2, 0) is 4.79 Å². The molecule has 0 aromatic heterocycles. The van der Waals surface area contributed by atoms with Gasteiger partial charge in [0.05, 0.1) is 0 Å². The SMILES string of the molecule is CCC1CC(=O)CCCCC(CC(C)C)C1. The first kappa shape index (κ1) is 13.7. The summed E-state index contributed by atoms with van der Waals surface area (Å²) in [6.45, 7) is 6.87. The number of rotatable bonds is 3. The van der Waals surface area contributed by atoms with Crippen LogP contribution in [-0.4, -0.2) is 5.78 Å². The zero-order chi connectivity index (χ0) is 12.0. The zero-order valence-corrected chi connectivity index (χ0v) is 11.3. The molecule has 0 spiro atoms. The van der Waals surface area contributed by atoms with Gasteiger partial charge in [0.25, 0.3) is 0 Å². The maximum atomic E-state index is 11.7. The lowest BCUT2D eigenvalue weighted by Crippen LogP contribution is -2.12. The van der Waals surface area contributed by atoms with E-state index in [-0.39, 0.29) is 0 Å². The summed E-state index contributed by atoms with van der Waals surface area (Å²) in [5.74, 6) is 2.85. The van der Waals surface area contributed by atoms with Gasteiger partial charge in [-0.05, 0) is 37.0 Å². The molecule has 1 fully saturated rings. The van der Waals surface area contributed by atoms with Gasteiger partial charge in [-0.1, -0.05) is 40.0 Å². The maximum absolute atomic E-state index is 11.7. The van der Waals surface area contributed by atoms with Crippen LogP contribution in [0.1, 0.15) is 72.1 Å². The molecule has 0 amide bonds. The van der Waals surface area contributed by atoms with Crippen LogP contribution < -0.4 is 0 Å². The van der Waals surface area contributed by atoms with E-state index in [1.165, 1.54) is 32.1 Å². The Kier molecular flexibility index (Phi) is 6.08. The van der Waals surface area contributed by atoms with Crippen molar-refractivity contribution in [3.63, 3.8) is 0 Å². The molecule has 1 aliphatic rings. The number of hydrogen-bond donors (Lipinski definition) is 0. The number of hydrogen-bond acceptors (Lipinski definition) is 1. The zero-order valence-electron chi connectivity index (χ0n) is 11.3. The third kappa shape index (κ3) is 5.14. The second kappa shape index (κ2) is 7.09. The summed E-state index contributed by atoms with van der Waals surface area (Å²) < 4.78 is 0. The lowest BCUT2D eigenvalue weighted by atomic mass is 9.83. The summed E-state index contributed by atoms with van der Waals surface area (Å²) in [7, 11) is 0. The molecule has 0 aliphatic heterocycles. The molecule has 0 radical (unpaired) electrons. The van der Waals surface area contributed by atoms with Gasteiger partial charge in [-0.25, -0.2) is 0 Å². The Morgan fingerprint density at radius 2 is 2.00 bits per heavy atom. The molecule has 0 bridgehead atoms. The molecule has 0 aromatic carbocycles. The van der Waals surface area contributed by atoms with Crippen LogP contribution in [0.4, 0.5) is 0 Å². The summed E-state index contributed by atoms with van der Waals surface area (Å²) in [5.41, 5.74) is 0. The average molecular weight is 224 g/mol. The van der Waals surface area contributed by atoms with Crippen LogP contribution in [0.3, 0.4) is 0 Å². The van der Waals surface area contributed by atoms with Gasteiger partial charge in [-0.3, -0.25) is 4.79 Å². The molecule has 0 N–H and O–H groups in total. The molecule has 1 heteroatoms. The molecule has 2 unspecified atom stereocenters. The maximum Gasteiger partial charge on any atom is 0.133 e. The Hall–Kier alpha value is -0.330. The van der Waals surface area contributed by atoms with Gasteiger partial charge in [0, 0.05) is 12.8 Å². The average Bonchev–Trinajstić information content (AvgIpc) is 2.29. The molecule has 0 heterocycles. The third-order valence-electron chi connectivity index (χ3n) is 3.88. The van der Waals surface area contributed by atoms with Gasteiger partial charge in [0.15, 0.2) is 0 Å². The van der Waals surface area contributed by atoms with Gasteiger partial charge in [0.2, 0.25) is 0 Å². The molecule has 94 valence electrons. The van der Waals surface area contributed by atoms with Crippen molar-refractivity contribution in [3.8, 4) is 0 Å². The highest BCUT2D eigenvalue weighted by molar-refractivity contribution is 5.78. The predicted molar refractivity (Wildman–Crippen MR) is 69.4 cm³/mol. The van der Waals surface area contributed by atoms with Crippen molar-refractivity contribution in [2.75, 3.05) is 0 Å². The minimum Gasteiger partial charge on any atom is -0.300 e. The number of ketones is 1. The largest absolute Gasteiger partial charge is 0.300 e. The highest BCUT2D eigenvalue weighted by Gasteiger charge is 2.20. The fourth-order valence-electron chi connectivity index (χ4n) is 3.04. The van der Waals surface area contributed by atoms with Crippen LogP contribution in [0.25, 0.3) is 0 Å². The minimum absolute atomic E-state index is 0.511. The Balaban J connectivity index is 2.53. The summed E-state index contributed by atoms with van der Waals surface area (Å²) in [4.78, 5) is 11.7. The van der Waals surface area contributed by atoms with Crippen LogP contribution in [0.2, 0.25) is 0 Å². The lowest BCUT2D eigenvalue weighted by molar-refractivity contribution is -0.120. The topological polar surface area (TPSA) is 17.1 Å². The van der Waals surface area contributed by atoms with Crippen molar-refractivity contribution in [1.82, 2.24) is 0 Å². The fraction of sp³-hybridized carbons (Fsp3) is 0.933. The van der Waals surface area contributed by atoms with E-state index >= 15 is 0 Å². The van der Waals surface area contributed by atoms with E-state index in [4.69, 9.17) is 0 Å². The van der Waals surface area contributed by atoms with Crippen LogP contribution >= 0.6 is 0 Å². The molecule has 1 aliphatic carbocycles. The molecule has 1 saturated carbocycles. The normalized spacial score (nSPS) is 28.6. The highest BCUT2D eigenvalue weighted by Crippen LogP contribution is 2.30. The second-order valence-corrected chi connectivity index (χ2v) is 5.99. The minimum atomic E-state index is 0.511. The Labute approximate surface area is 101 Å². The molecule has 1 rings (SSSR count). The molecular formula is C15H28O. The molecule has 0 aromatic rings. The van der Waals surface area contributed by atoms with Crippen LogP contribution in [0.5, 0.6) is 0 Å². The smallest absolute Gasteiger partial charge is 0.133 e. The third-order valence-corrected chi connectivity index (χ3v) is 3.88. The first-order chi connectivity index (χ1) is 7.61. The van der Waals surface area contributed by atoms with E-state index in [2.05, 4.69) is 20.8 Å². The van der Waals surface area contributed by atoms with E-state index in [0.29, 0.717) is 11.7 Å². The molecule has 16 heavy (non-hydrogen) atoms. The van der Waals surface area contributed by atoms with E-state index in [9.17, 15) is 4.79 Å². The number of Topliss-reactive ketones (excluding diaryl/α,β-unsaturated/α-hetero) is 1. The van der Waals surface area contributed by atoms with Crippen molar-refractivity contribution in [2.24, 2.45) is 17.8 Å². The predicted octanol–water partition coefficient (Wildman–Crippen LogP) is 4.60. The van der Waals surface area contributed by atoms with Crippen molar-refractivity contribution >= 4 is 5.78 Å². The lowest BCUT2D eigenvalue weighted by Gasteiger charge is -2.22. The number of carbonyl (C=O) groups is 1. The van der Waals surface area contributed by atoms with Crippen molar-refractivity contribution in [2.45, 2.75) is 72.1 Å². The van der Waals surface area contributed by atoms with Gasteiger partial charge in [0.1, 0.15) is 5.78 Å². The van der Waals surface area contributed by atoms with Gasteiger partial charge in [-0.15, -0.1) is 0 Å². The monoisotopic (exact) mass is 224 g/mol. The molecular weight excluding hydrogens is 196 g/mol. The fourth-order valence-corrected chi connectivity index (χ4v) is 3.04. The van der Waals surface area contributed by atoms with E-state index in [1.54, 1.807) is 0 Å². The van der Waals surface area contributed by atoms with E-state index < -0.39 is 0 Å². The van der Waals surface area contributed by atoms with E-state index in [1.807, 2.05) is 0 Å². The first-order valence-corrected chi connectivity index (χ1v) is 7.13. The van der Waals surface area contributed by atoms with Crippen molar-refractivity contribution in [3.05, 3.63) is 0 Å². The Morgan fingerprint density at radius 3 is 2.62 bits per heavy atom. The number of carbonyl (C=O) groups excluding carboxylic acids is 1. The Bertz CT molecular complexity index is 207. The van der Waals surface area contributed by atoms with Crippen LogP contribution in [0.15, 0.2) is 0 Å². The van der Waals surface area contributed by atoms with Crippen molar-refractivity contribution < 1.29 is 4.79 Å². The van der Waals surface area contributed by atoms with Gasteiger partial charge >= 0.3 is 0 Å². The summed E-state index contributed by atoms with van der Waals surface area (Å²) in [5, 5.41) is 0. The molecule has 0 saturated heterocycles. The van der Waals surface area contributed by atoms with E-state index in [0.717, 1.165) is 31.1 Å². The Morgan fingerprint density at radius 1 is 1.25 bits per heavy atom. The molecule has 1 nitrogen and oxygen atoms in total. The van der Waals surface area contributed by atoms with Gasteiger partial charge in [-0.2, -0.15) is 0 Å². The summed E-state index contributed by atoms with van der Waals surface area (Å²) >= 11 is 0. The van der Waals surface area contributed by atoms with Gasteiger partial charge < -0.3 is 0 Å². The summed E-state index contributed by atoms with van der Waals surface area (Å²) in [6.07, 6.45) is 9.26. The first-order valence-electron chi connectivity index (χ1n) is 7.13. The summed E-state index contributed by atoms with van der Waals surface area (Å²) in [6, 6.07) is 0. The quantitative estimate of drug-likeness (QED) is 0.685. The van der Waals surface area contributed by atoms with Crippen LogP contribution in [0, 0.1) is 17.8 Å².